The maximum atomic E-state index is 12.4. The third-order valence-corrected chi connectivity index (χ3v) is 7.08. The van der Waals surface area contributed by atoms with Gasteiger partial charge in [0.25, 0.3) is 0 Å². The number of thiazole rings is 1. The lowest BCUT2D eigenvalue weighted by Gasteiger charge is -2.41. The van der Waals surface area contributed by atoms with E-state index in [4.69, 9.17) is 0 Å². The fraction of sp³-hybridized carbons (Fsp3) is 0.438. The first-order valence-electron chi connectivity index (χ1n) is 8.03. The number of hydrogen-bond acceptors (Lipinski definition) is 6. The molecule has 0 saturated carbocycles. The van der Waals surface area contributed by atoms with Gasteiger partial charge in [0.2, 0.25) is 0 Å². The molecule has 1 saturated heterocycles. The Morgan fingerprint density at radius 2 is 2.12 bits per heavy atom. The predicted octanol–water partition coefficient (Wildman–Crippen LogP) is 2.10. The number of para-hydroxylation sites is 1. The summed E-state index contributed by atoms with van der Waals surface area (Å²) in [4.78, 5) is 8.15. The average Bonchev–Trinajstić information content (AvgIpc) is 3.05. The highest BCUT2D eigenvalue weighted by molar-refractivity contribution is 7.96. The van der Waals surface area contributed by atoms with Gasteiger partial charge in [0.15, 0.2) is 15.3 Å². The van der Waals surface area contributed by atoms with Gasteiger partial charge in [-0.1, -0.05) is 16.3 Å². The molecular weight excluding hydrogens is 344 g/mol. The lowest BCUT2D eigenvalue weighted by molar-refractivity contribution is 0.169. The third kappa shape index (κ3) is 3.12. The minimum Gasteiger partial charge on any atom is -0.593 e. The van der Waals surface area contributed by atoms with Crippen LogP contribution in [0.5, 0.6) is 0 Å². The zero-order valence-electron chi connectivity index (χ0n) is 13.2. The molecule has 1 aromatic carbocycles. The molecule has 1 atom stereocenters. The molecule has 2 N–H and O–H groups in total. The van der Waals surface area contributed by atoms with Gasteiger partial charge in [0, 0.05) is 30.7 Å². The lowest BCUT2D eigenvalue weighted by Crippen LogP contribution is -2.54. The molecular formula is C16H20N4O2S2. The van der Waals surface area contributed by atoms with Crippen molar-refractivity contribution in [2.75, 3.05) is 25.0 Å². The van der Waals surface area contributed by atoms with Crippen LogP contribution in [0.25, 0.3) is 0 Å². The number of benzene rings is 1. The zero-order valence-corrected chi connectivity index (χ0v) is 14.9. The Kier molecular flexibility index (Phi) is 4.17. The summed E-state index contributed by atoms with van der Waals surface area (Å²) in [6.45, 7) is 3.23. The van der Waals surface area contributed by atoms with Crippen molar-refractivity contribution in [3.8, 4) is 0 Å². The van der Waals surface area contributed by atoms with Crippen LogP contribution >= 0.6 is 11.3 Å². The van der Waals surface area contributed by atoms with Crippen LogP contribution < -0.4 is 10.0 Å². The summed E-state index contributed by atoms with van der Waals surface area (Å²) in [6, 6.07) is 7.14. The molecule has 1 aromatic heterocycles. The Bertz CT molecular complexity index is 757. The summed E-state index contributed by atoms with van der Waals surface area (Å²) >= 11 is 1.68. The van der Waals surface area contributed by atoms with Gasteiger partial charge < -0.3 is 9.87 Å². The molecule has 2 aliphatic rings. The van der Waals surface area contributed by atoms with Crippen molar-refractivity contribution >= 4 is 27.4 Å². The van der Waals surface area contributed by atoms with Crippen molar-refractivity contribution in [3.05, 3.63) is 40.8 Å². The maximum absolute atomic E-state index is 12.4. The molecule has 24 heavy (non-hydrogen) atoms. The number of hydrogen-bond donors (Lipinski definition) is 2. The van der Waals surface area contributed by atoms with E-state index < -0.39 is 10.4 Å². The highest BCUT2D eigenvalue weighted by atomic mass is 32.3. The molecule has 1 spiro atoms. The second kappa shape index (κ2) is 6.20. The topological polar surface area (TPSA) is 80.3 Å². The smallest absolute Gasteiger partial charge is 0.198 e. The number of nitrogens with zero attached hydrogens (tertiary/aromatic N) is 2. The molecule has 6 nitrogen and oxygen atoms in total. The van der Waals surface area contributed by atoms with Gasteiger partial charge in [-0.25, -0.2) is 0 Å². The minimum absolute atomic E-state index is 0.218. The van der Waals surface area contributed by atoms with Crippen LogP contribution in [-0.2, 0) is 21.2 Å². The summed E-state index contributed by atoms with van der Waals surface area (Å²) in [5, 5.41) is 3.53. The molecule has 0 aliphatic carbocycles. The summed E-state index contributed by atoms with van der Waals surface area (Å²) < 4.78 is 27.6. The number of piperidine rings is 1. The Hall–Kier alpha value is -1.32. The quantitative estimate of drug-likeness (QED) is 0.798. The molecule has 0 amide bonds. The molecule has 8 heteroatoms. The Morgan fingerprint density at radius 3 is 2.88 bits per heavy atom. The Morgan fingerprint density at radius 1 is 1.33 bits per heavy atom. The van der Waals surface area contributed by atoms with Crippen LogP contribution in [0.2, 0.25) is 0 Å². The second-order valence-corrected chi connectivity index (χ2v) is 9.18. The normalized spacial score (nSPS) is 26.5. The fourth-order valence-corrected chi connectivity index (χ4v) is 5.35. The van der Waals surface area contributed by atoms with Crippen molar-refractivity contribution in [1.29, 1.82) is 0 Å². The van der Waals surface area contributed by atoms with E-state index >= 15 is 0 Å². The summed E-state index contributed by atoms with van der Waals surface area (Å²) in [5.41, 5.74) is 2.35. The van der Waals surface area contributed by atoms with E-state index in [9.17, 15) is 8.76 Å². The molecule has 128 valence electrons. The number of nitrogens with one attached hydrogen (secondary N) is 2. The number of likely N-dealkylation sites (tertiary alicyclic amines) is 1. The summed E-state index contributed by atoms with van der Waals surface area (Å²) in [5.74, 6) is 0. The molecule has 1 fully saturated rings. The third-order valence-electron chi connectivity index (χ3n) is 4.85. The van der Waals surface area contributed by atoms with E-state index in [1.165, 1.54) is 4.88 Å². The zero-order chi connectivity index (χ0) is 16.6. The van der Waals surface area contributed by atoms with Crippen LogP contribution in [-0.4, -0.2) is 39.6 Å². The van der Waals surface area contributed by atoms with Gasteiger partial charge in [0.1, 0.15) is 0 Å². The van der Waals surface area contributed by atoms with E-state index in [1.54, 1.807) is 23.5 Å². The minimum atomic E-state index is -3.44. The van der Waals surface area contributed by atoms with Crippen molar-refractivity contribution < 1.29 is 8.76 Å². The maximum Gasteiger partial charge on any atom is 0.198 e. The lowest BCUT2D eigenvalue weighted by atomic mass is 9.87. The van der Waals surface area contributed by atoms with Gasteiger partial charge in [-0.05, 0) is 25.0 Å². The number of fused-ring (bicyclic) bond motifs is 1. The van der Waals surface area contributed by atoms with Crippen LogP contribution in [0.15, 0.2) is 40.9 Å². The van der Waals surface area contributed by atoms with E-state index in [0.717, 1.165) is 32.5 Å². The monoisotopic (exact) mass is 364 g/mol. The van der Waals surface area contributed by atoms with Gasteiger partial charge in [-0.3, -0.25) is 9.88 Å². The largest absolute Gasteiger partial charge is 0.593 e. The average molecular weight is 364 g/mol. The first-order chi connectivity index (χ1) is 11.6. The summed E-state index contributed by atoms with van der Waals surface area (Å²) in [7, 11) is -3.44. The highest BCUT2D eigenvalue weighted by Crippen LogP contribution is 2.35. The first-order valence-corrected chi connectivity index (χ1v) is 10.4. The van der Waals surface area contributed by atoms with Gasteiger partial charge in [-0.15, -0.1) is 16.1 Å². The van der Waals surface area contributed by atoms with Crippen molar-refractivity contribution in [3.63, 3.8) is 0 Å². The Labute approximate surface area is 146 Å². The van der Waals surface area contributed by atoms with Crippen LogP contribution in [0, 0.1) is 0 Å². The van der Waals surface area contributed by atoms with Crippen molar-refractivity contribution in [2.45, 2.75) is 29.8 Å². The van der Waals surface area contributed by atoms with Crippen molar-refractivity contribution in [1.82, 2.24) is 14.6 Å². The fourth-order valence-electron chi connectivity index (χ4n) is 3.43. The molecule has 4 rings (SSSR count). The van der Waals surface area contributed by atoms with Crippen LogP contribution in [0.3, 0.4) is 0 Å². The number of sulfonamides is 1. The molecule has 1 unspecified atom stereocenters. The standard InChI is InChI=1S/C16H20N4O2S2/c21-24(22)15-4-2-1-3-14(15)19-16(11-18-24)5-7-20(8-6-16)10-13-9-17-12-23-13/h1-4,9,12,19H,5-8,10-11H2,(H-,18,21,22). The molecule has 0 radical (unpaired) electrons. The van der Waals surface area contributed by atoms with Gasteiger partial charge >= 0.3 is 0 Å². The number of aromatic nitrogens is 1. The SMILES string of the molecule is O=[S+]1([O-])NCC2(CCN(Cc3cncs3)CC2)Nc2ccccc21. The molecule has 0 bridgehead atoms. The molecule has 2 aliphatic heterocycles. The van der Waals surface area contributed by atoms with Gasteiger partial charge in [-0.2, -0.15) is 0 Å². The first kappa shape index (κ1) is 16.2. The highest BCUT2D eigenvalue weighted by Gasteiger charge is 2.41. The van der Waals surface area contributed by atoms with E-state index in [1.807, 2.05) is 23.8 Å². The predicted molar refractivity (Wildman–Crippen MR) is 94.5 cm³/mol. The summed E-state index contributed by atoms with van der Waals surface area (Å²) in [6.07, 6.45) is 3.73. The number of rotatable bonds is 2. The van der Waals surface area contributed by atoms with Gasteiger partial charge in [0.05, 0.1) is 23.3 Å². The second-order valence-electron chi connectivity index (χ2n) is 6.47. The molecule has 2 aromatic rings. The van der Waals surface area contributed by atoms with E-state index in [0.29, 0.717) is 17.1 Å². The molecule has 3 heterocycles. The number of anilines is 1. The van der Waals surface area contributed by atoms with E-state index in [2.05, 4.69) is 19.9 Å². The van der Waals surface area contributed by atoms with Crippen LogP contribution in [0.4, 0.5) is 5.69 Å². The van der Waals surface area contributed by atoms with Crippen molar-refractivity contribution in [2.24, 2.45) is 0 Å². The van der Waals surface area contributed by atoms with E-state index in [-0.39, 0.29) is 5.54 Å². The van der Waals surface area contributed by atoms with Crippen LogP contribution in [0.1, 0.15) is 17.7 Å². The Balaban J connectivity index is 1.50.